The molecule has 0 radical (unpaired) electrons. The Kier molecular flexibility index (Phi) is 5.09. The maximum absolute atomic E-state index is 5.94. The normalized spacial score (nSPS) is 14.6. The van der Waals surface area contributed by atoms with E-state index < -0.39 is 0 Å². The van der Waals surface area contributed by atoms with Gasteiger partial charge in [-0.3, -0.25) is 0 Å². The van der Waals surface area contributed by atoms with Crippen LogP contribution in [0.4, 0.5) is 17.3 Å². The predicted octanol–water partition coefficient (Wildman–Crippen LogP) is 3.92. The zero-order valence-corrected chi connectivity index (χ0v) is 15.7. The molecule has 8 nitrogen and oxygen atoms in total. The number of aromatic nitrogens is 3. The van der Waals surface area contributed by atoms with Crippen LogP contribution in [-0.4, -0.2) is 28.2 Å². The highest BCUT2D eigenvalue weighted by molar-refractivity contribution is 5.61. The molecule has 1 atom stereocenters. The average molecular weight is 379 g/mol. The smallest absolute Gasteiger partial charge is 0.324 e. The highest BCUT2D eigenvalue weighted by atomic mass is 16.5. The molecule has 2 N–H and O–H groups in total. The molecule has 0 saturated heterocycles. The van der Waals surface area contributed by atoms with Crippen molar-refractivity contribution in [1.29, 1.82) is 0 Å². The van der Waals surface area contributed by atoms with Crippen molar-refractivity contribution in [3.05, 3.63) is 54.1 Å². The molecule has 0 amide bonds. The Morgan fingerprint density at radius 3 is 2.25 bits per heavy atom. The Morgan fingerprint density at radius 2 is 1.61 bits per heavy atom. The van der Waals surface area contributed by atoms with Crippen molar-refractivity contribution in [3.63, 3.8) is 0 Å². The number of rotatable bonds is 7. The Hall–Kier alpha value is -3.55. The molecule has 1 aliphatic rings. The number of ether oxygens (including phenoxy) is 3. The highest BCUT2D eigenvalue weighted by Crippen LogP contribution is 2.37. The topological polar surface area (TPSA) is 90.4 Å². The Morgan fingerprint density at radius 1 is 0.929 bits per heavy atom. The molecule has 0 aliphatic carbocycles. The minimum atomic E-state index is -0.210. The van der Waals surface area contributed by atoms with Gasteiger partial charge in [0.2, 0.25) is 5.95 Å². The molecule has 28 heavy (non-hydrogen) atoms. The largest absolute Gasteiger partial charge is 0.464 e. The van der Waals surface area contributed by atoms with Crippen LogP contribution in [0.5, 0.6) is 17.8 Å². The molecule has 144 valence electrons. The molecule has 1 aromatic heterocycles. The molecular weight excluding hydrogens is 358 g/mol. The van der Waals surface area contributed by atoms with Crippen molar-refractivity contribution >= 4 is 17.3 Å². The second-order valence-electron chi connectivity index (χ2n) is 5.98. The Balaban J connectivity index is 1.48. The molecular formula is C20H21N5O3. The summed E-state index contributed by atoms with van der Waals surface area (Å²) in [6.07, 6.45) is -0.210. The maximum atomic E-state index is 5.94. The summed E-state index contributed by atoms with van der Waals surface area (Å²) in [5.41, 5.74) is 2.84. The molecule has 0 fully saturated rings. The second kappa shape index (κ2) is 7.99. The monoisotopic (exact) mass is 379 g/mol. The first-order valence-corrected chi connectivity index (χ1v) is 9.16. The van der Waals surface area contributed by atoms with Crippen LogP contribution in [0.15, 0.2) is 48.5 Å². The van der Waals surface area contributed by atoms with E-state index in [2.05, 4.69) is 25.6 Å². The van der Waals surface area contributed by atoms with Crippen molar-refractivity contribution < 1.29 is 14.2 Å². The van der Waals surface area contributed by atoms with Gasteiger partial charge in [0.15, 0.2) is 6.23 Å². The van der Waals surface area contributed by atoms with Crippen LogP contribution in [-0.2, 0) is 0 Å². The van der Waals surface area contributed by atoms with E-state index in [1.807, 2.05) is 62.4 Å². The van der Waals surface area contributed by atoms with Gasteiger partial charge < -0.3 is 24.8 Å². The standard InChI is InChI=1S/C20H21N5O3/c1-3-26-19-23-18(24-20(25-19)27-4-2)21-14-11-9-13(10-12-14)17-22-15-7-5-6-8-16(15)28-17/h5-12,17,22H,3-4H2,1-2H3,(H,21,23,24,25)/t17-/m1/s1. The van der Waals surface area contributed by atoms with Crippen LogP contribution in [0, 0.1) is 0 Å². The van der Waals surface area contributed by atoms with E-state index in [-0.39, 0.29) is 18.2 Å². The van der Waals surface area contributed by atoms with Gasteiger partial charge in [0.25, 0.3) is 0 Å². The number of para-hydroxylation sites is 2. The first-order chi connectivity index (χ1) is 13.7. The lowest BCUT2D eigenvalue weighted by Gasteiger charge is -2.13. The number of anilines is 3. The summed E-state index contributed by atoms with van der Waals surface area (Å²) in [4.78, 5) is 12.6. The number of hydrogen-bond acceptors (Lipinski definition) is 8. The van der Waals surface area contributed by atoms with E-state index in [1.165, 1.54) is 0 Å². The highest BCUT2D eigenvalue weighted by Gasteiger charge is 2.22. The van der Waals surface area contributed by atoms with Gasteiger partial charge in [0.1, 0.15) is 5.75 Å². The third-order valence-electron chi connectivity index (χ3n) is 4.03. The van der Waals surface area contributed by atoms with Gasteiger partial charge in [-0.25, -0.2) is 0 Å². The van der Waals surface area contributed by atoms with Crippen LogP contribution in [0.25, 0.3) is 0 Å². The second-order valence-corrected chi connectivity index (χ2v) is 5.98. The Bertz CT molecular complexity index is 900. The van der Waals surface area contributed by atoms with E-state index >= 15 is 0 Å². The van der Waals surface area contributed by atoms with Crippen molar-refractivity contribution in [2.24, 2.45) is 0 Å². The summed E-state index contributed by atoms with van der Waals surface area (Å²) in [7, 11) is 0. The molecule has 4 rings (SSSR count). The molecule has 1 aliphatic heterocycles. The molecule has 0 saturated carbocycles. The van der Waals surface area contributed by atoms with Gasteiger partial charge in [-0.2, -0.15) is 9.97 Å². The van der Waals surface area contributed by atoms with Crippen LogP contribution < -0.4 is 24.8 Å². The number of nitrogens with one attached hydrogen (secondary N) is 2. The van der Waals surface area contributed by atoms with Crippen molar-refractivity contribution in [1.82, 2.24) is 15.0 Å². The van der Waals surface area contributed by atoms with Gasteiger partial charge in [-0.15, -0.1) is 4.98 Å². The van der Waals surface area contributed by atoms with Gasteiger partial charge in [-0.1, -0.05) is 24.3 Å². The number of benzene rings is 2. The number of hydrogen-bond donors (Lipinski definition) is 2. The summed E-state index contributed by atoms with van der Waals surface area (Å²) in [5, 5.41) is 6.51. The molecule has 2 heterocycles. The SMILES string of the molecule is CCOc1nc(Nc2ccc([C@@H]3Nc4ccccc4O3)cc2)nc(OCC)n1. The van der Waals surface area contributed by atoms with Crippen LogP contribution in [0.3, 0.4) is 0 Å². The van der Waals surface area contributed by atoms with Crippen LogP contribution in [0.1, 0.15) is 25.6 Å². The van der Waals surface area contributed by atoms with E-state index in [9.17, 15) is 0 Å². The summed E-state index contributed by atoms with van der Waals surface area (Å²) in [5.74, 6) is 1.21. The number of fused-ring (bicyclic) bond motifs is 1. The fourth-order valence-corrected chi connectivity index (χ4v) is 2.79. The van der Waals surface area contributed by atoms with Crippen molar-refractivity contribution in [3.8, 4) is 17.8 Å². The fourth-order valence-electron chi connectivity index (χ4n) is 2.79. The lowest BCUT2D eigenvalue weighted by molar-refractivity contribution is 0.260. The number of nitrogens with zero attached hydrogens (tertiary/aromatic N) is 3. The minimum Gasteiger partial charge on any atom is -0.464 e. The van der Waals surface area contributed by atoms with Crippen LogP contribution in [0.2, 0.25) is 0 Å². The van der Waals surface area contributed by atoms with E-state index in [0.717, 1.165) is 22.7 Å². The zero-order chi connectivity index (χ0) is 19.3. The molecule has 0 spiro atoms. The van der Waals surface area contributed by atoms with E-state index in [1.54, 1.807) is 0 Å². The average Bonchev–Trinajstić information content (AvgIpc) is 3.13. The third kappa shape index (κ3) is 3.90. The quantitative estimate of drug-likeness (QED) is 0.638. The third-order valence-corrected chi connectivity index (χ3v) is 4.03. The molecule has 3 aromatic rings. The predicted molar refractivity (Wildman–Crippen MR) is 105 cm³/mol. The molecule has 8 heteroatoms. The maximum Gasteiger partial charge on any atom is 0.324 e. The summed E-state index contributed by atoms with van der Waals surface area (Å²) in [6.45, 7) is 4.65. The summed E-state index contributed by atoms with van der Waals surface area (Å²) in [6, 6.07) is 16.2. The van der Waals surface area contributed by atoms with Gasteiger partial charge >= 0.3 is 12.0 Å². The zero-order valence-electron chi connectivity index (χ0n) is 15.7. The van der Waals surface area contributed by atoms with Gasteiger partial charge in [-0.05, 0) is 38.1 Å². The fraction of sp³-hybridized carbons (Fsp3) is 0.250. The van der Waals surface area contributed by atoms with E-state index in [4.69, 9.17) is 14.2 Å². The summed E-state index contributed by atoms with van der Waals surface area (Å²) < 4.78 is 16.7. The van der Waals surface area contributed by atoms with Crippen LogP contribution >= 0.6 is 0 Å². The molecule has 0 bridgehead atoms. The van der Waals surface area contributed by atoms with Crippen molar-refractivity contribution in [2.75, 3.05) is 23.8 Å². The lowest BCUT2D eigenvalue weighted by atomic mass is 10.2. The molecule has 0 unspecified atom stereocenters. The first-order valence-electron chi connectivity index (χ1n) is 9.16. The van der Waals surface area contributed by atoms with Crippen molar-refractivity contribution in [2.45, 2.75) is 20.1 Å². The lowest BCUT2D eigenvalue weighted by Crippen LogP contribution is -2.10. The van der Waals surface area contributed by atoms with Gasteiger partial charge in [0, 0.05) is 11.3 Å². The van der Waals surface area contributed by atoms with Gasteiger partial charge in [0.05, 0.1) is 18.9 Å². The Labute approximate surface area is 162 Å². The van der Waals surface area contributed by atoms with E-state index in [0.29, 0.717) is 19.2 Å². The summed E-state index contributed by atoms with van der Waals surface area (Å²) >= 11 is 0. The minimum absolute atomic E-state index is 0.210. The molecule has 2 aromatic carbocycles. The first kappa shape index (κ1) is 17.8.